The molecule has 2 aliphatic rings. The zero-order valence-electron chi connectivity index (χ0n) is 13.2. The second-order valence-electron chi connectivity index (χ2n) is 5.62. The van der Waals surface area contributed by atoms with Crippen molar-refractivity contribution in [1.82, 2.24) is 9.80 Å². The van der Waals surface area contributed by atoms with Crippen molar-refractivity contribution in [3.05, 3.63) is 29.3 Å². The first-order chi connectivity index (χ1) is 11.3. The van der Waals surface area contributed by atoms with Gasteiger partial charge in [0.05, 0.1) is 13.0 Å². The zero-order chi connectivity index (χ0) is 17.6. The molecule has 5 amide bonds. The summed E-state index contributed by atoms with van der Waals surface area (Å²) in [6.07, 6.45) is 0.205. The van der Waals surface area contributed by atoms with Crippen LogP contribution in [-0.4, -0.2) is 59.5 Å². The highest BCUT2D eigenvalue weighted by Crippen LogP contribution is 2.28. The number of Topliss-reactive ketones (excluding diaryl/α,β-unsaturated/α-hetero) is 1. The smallest absolute Gasteiger partial charge is 0.315 e. The Morgan fingerprint density at radius 1 is 1.08 bits per heavy atom. The molecule has 1 saturated heterocycles. The van der Waals surface area contributed by atoms with Crippen molar-refractivity contribution in [1.29, 1.82) is 0 Å². The van der Waals surface area contributed by atoms with Crippen LogP contribution >= 0.6 is 0 Å². The highest BCUT2D eigenvalue weighted by molar-refractivity contribution is 6.45. The number of hydrogen-bond donors (Lipinski definition) is 0. The summed E-state index contributed by atoms with van der Waals surface area (Å²) in [6, 6.07) is 4.01. The first kappa shape index (κ1) is 15.9. The molecule has 0 bridgehead atoms. The topological polar surface area (TPSA) is 95.1 Å². The highest BCUT2D eigenvalue weighted by atomic mass is 16.2. The van der Waals surface area contributed by atoms with Crippen LogP contribution in [0.25, 0.3) is 0 Å². The van der Waals surface area contributed by atoms with Gasteiger partial charge in [-0.25, -0.2) is 9.69 Å². The van der Waals surface area contributed by atoms with Crippen molar-refractivity contribution in [2.45, 2.75) is 13.3 Å². The van der Waals surface area contributed by atoms with Crippen LogP contribution < -0.4 is 4.90 Å². The van der Waals surface area contributed by atoms with E-state index in [1.54, 1.807) is 32.2 Å². The van der Waals surface area contributed by atoms with Gasteiger partial charge in [-0.2, -0.15) is 0 Å². The van der Waals surface area contributed by atoms with Gasteiger partial charge in [-0.15, -0.1) is 0 Å². The molecule has 3 rings (SSSR count). The first-order valence-corrected chi connectivity index (χ1v) is 7.45. The SMILES string of the molecule is CCN1C(=O)C(=O)N(CC(=O)c2ccc3c(c2)CC(=O)N3C)C1=O. The first-order valence-electron chi connectivity index (χ1n) is 7.45. The van der Waals surface area contributed by atoms with Crippen LogP contribution in [0.15, 0.2) is 18.2 Å². The van der Waals surface area contributed by atoms with Crippen LogP contribution in [0.3, 0.4) is 0 Å². The molecule has 8 nitrogen and oxygen atoms in total. The second-order valence-corrected chi connectivity index (χ2v) is 5.62. The molecule has 0 spiro atoms. The number of carbonyl (C=O) groups excluding carboxylic acids is 5. The maximum atomic E-state index is 12.4. The summed E-state index contributed by atoms with van der Waals surface area (Å²) in [5.74, 6) is -2.45. The summed E-state index contributed by atoms with van der Waals surface area (Å²) in [5.41, 5.74) is 1.75. The number of urea groups is 1. The van der Waals surface area contributed by atoms with Gasteiger partial charge in [-0.3, -0.25) is 24.1 Å². The van der Waals surface area contributed by atoms with Gasteiger partial charge in [0.1, 0.15) is 0 Å². The molecule has 2 aliphatic heterocycles. The van der Waals surface area contributed by atoms with Crippen LogP contribution in [0.4, 0.5) is 10.5 Å². The standard InChI is InChI=1S/C16H15N3O5/c1-3-18-14(22)15(23)19(16(18)24)8-12(20)9-4-5-11-10(6-9)7-13(21)17(11)2/h4-6H,3,7-8H2,1-2H3. The summed E-state index contributed by atoms with van der Waals surface area (Å²) in [4.78, 5) is 62.5. The predicted octanol–water partition coefficient (Wildman–Crippen LogP) is 0.199. The molecular weight excluding hydrogens is 314 g/mol. The normalized spacial score (nSPS) is 17.2. The number of ketones is 1. The van der Waals surface area contributed by atoms with Crippen LogP contribution in [0, 0.1) is 0 Å². The molecule has 8 heteroatoms. The summed E-state index contributed by atoms with van der Waals surface area (Å²) in [7, 11) is 1.65. The lowest BCUT2D eigenvalue weighted by Crippen LogP contribution is -2.37. The molecule has 2 heterocycles. The van der Waals surface area contributed by atoms with Gasteiger partial charge in [0.15, 0.2) is 5.78 Å². The van der Waals surface area contributed by atoms with Gasteiger partial charge < -0.3 is 4.90 Å². The fourth-order valence-corrected chi connectivity index (χ4v) is 2.85. The van der Waals surface area contributed by atoms with E-state index in [0.29, 0.717) is 10.5 Å². The van der Waals surface area contributed by atoms with Crippen molar-refractivity contribution in [2.75, 3.05) is 25.0 Å². The Kier molecular flexibility index (Phi) is 3.67. The van der Waals surface area contributed by atoms with Gasteiger partial charge in [-0.1, -0.05) is 0 Å². The van der Waals surface area contributed by atoms with Crippen molar-refractivity contribution in [3.8, 4) is 0 Å². The van der Waals surface area contributed by atoms with E-state index in [9.17, 15) is 24.0 Å². The maximum absolute atomic E-state index is 12.4. The van der Waals surface area contributed by atoms with Crippen LogP contribution in [0.5, 0.6) is 0 Å². The number of anilines is 1. The molecule has 1 fully saturated rings. The third-order valence-corrected chi connectivity index (χ3v) is 4.23. The summed E-state index contributed by atoms with van der Waals surface area (Å²) < 4.78 is 0. The van der Waals surface area contributed by atoms with Crippen molar-refractivity contribution >= 4 is 35.2 Å². The minimum atomic E-state index is -0.994. The zero-order valence-corrected chi connectivity index (χ0v) is 13.2. The molecule has 0 unspecified atom stereocenters. The molecular formula is C16H15N3O5. The van der Waals surface area contributed by atoms with Crippen molar-refractivity contribution in [3.63, 3.8) is 0 Å². The van der Waals surface area contributed by atoms with Crippen molar-refractivity contribution in [2.24, 2.45) is 0 Å². The number of rotatable bonds is 4. The van der Waals surface area contributed by atoms with Crippen LogP contribution in [-0.2, 0) is 20.8 Å². The Hall–Kier alpha value is -3.03. The molecule has 0 radical (unpaired) electrons. The molecule has 124 valence electrons. The number of benzene rings is 1. The Morgan fingerprint density at radius 3 is 2.38 bits per heavy atom. The molecule has 0 atom stereocenters. The van der Waals surface area contributed by atoms with Crippen molar-refractivity contribution < 1.29 is 24.0 Å². The van der Waals surface area contributed by atoms with E-state index in [-0.39, 0.29) is 18.9 Å². The summed E-state index contributed by atoms with van der Waals surface area (Å²) in [6.45, 7) is 1.15. The van der Waals surface area contributed by atoms with Crippen LogP contribution in [0.1, 0.15) is 22.8 Å². The lowest BCUT2D eigenvalue weighted by atomic mass is 10.0. The number of nitrogens with zero attached hydrogens (tertiary/aromatic N) is 3. The Morgan fingerprint density at radius 2 is 1.75 bits per heavy atom. The largest absolute Gasteiger partial charge is 0.334 e. The minimum absolute atomic E-state index is 0.0660. The van der Waals surface area contributed by atoms with E-state index in [1.807, 2.05) is 0 Å². The third kappa shape index (κ3) is 2.27. The van der Waals surface area contributed by atoms with E-state index in [1.165, 1.54) is 4.90 Å². The van der Waals surface area contributed by atoms with E-state index < -0.39 is 30.2 Å². The monoisotopic (exact) mass is 329 g/mol. The number of amides is 5. The summed E-state index contributed by atoms with van der Waals surface area (Å²) in [5, 5.41) is 0. The number of likely N-dealkylation sites (N-methyl/N-ethyl adjacent to an activating group) is 2. The molecule has 1 aromatic rings. The average molecular weight is 329 g/mol. The molecule has 0 saturated carbocycles. The summed E-state index contributed by atoms with van der Waals surface area (Å²) >= 11 is 0. The Labute approximate surface area is 137 Å². The number of hydrogen-bond acceptors (Lipinski definition) is 5. The average Bonchev–Trinajstić information content (AvgIpc) is 2.95. The highest BCUT2D eigenvalue weighted by Gasteiger charge is 2.44. The van der Waals surface area contributed by atoms with Gasteiger partial charge in [0.2, 0.25) is 5.91 Å². The van der Waals surface area contributed by atoms with Gasteiger partial charge in [-0.05, 0) is 30.7 Å². The third-order valence-electron chi connectivity index (χ3n) is 4.23. The predicted molar refractivity (Wildman–Crippen MR) is 82.4 cm³/mol. The molecule has 1 aromatic carbocycles. The lowest BCUT2D eigenvalue weighted by molar-refractivity contribution is -0.143. The Balaban J connectivity index is 1.81. The second kappa shape index (κ2) is 5.55. The molecule has 24 heavy (non-hydrogen) atoms. The van der Waals surface area contributed by atoms with Gasteiger partial charge in [0, 0.05) is 24.8 Å². The van der Waals surface area contributed by atoms with Crippen LogP contribution in [0.2, 0.25) is 0 Å². The van der Waals surface area contributed by atoms with Gasteiger partial charge in [0.25, 0.3) is 0 Å². The van der Waals surface area contributed by atoms with E-state index in [0.717, 1.165) is 16.2 Å². The number of imide groups is 2. The van der Waals surface area contributed by atoms with E-state index in [4.69, 9.17) is 0 Å². The maximum Gasteiger partial charge on any atom is 0.334 e. The quantitative estimate of drug-likeness (QED) is 0.447. The van der Waals surface area contributed by atoms with Gasteiger partial charge >= 0.3 is 17.8 Å². The number of fused-ring (bicyclic) bond motifs is 1. The number of carbonyl (C=O) groups is 5. The Bertz CT molecular complexity index is 801. The molecule has 0 aromatic heterocycles. The fourth-order valence-electron chi connectivity index (χ4n) is 2.85. The fraction of sp³-hybridized carbons (Fsp3) is 0.312. The lowest BCUT2D eigenvalue weighted by Gasteiger charge is -2.14. The van der Waals surface area contributed by atoms with E-state index in [2.05, 4.69) is 0 Å². The molecule has 0 N–H and O–H groups in total. The minimum Gasteiger partial charge on any atom is -0.315 e. The van der Waals surface area contributed by atoms with E-state index >= 15 is 0 Å². The molecule has 0 aliphatic carbocycles.